The predicted molar refractivity (Wildman–Crippen MR) is 29.8 cm³/mol. The van der Waals surface area contributed by atoms with Gasteiger partial charge in [-0.2, -0.15) is 0 Å². The summed E-state index contributed by atoms with van der Waals surface area (Å²) >= 11 is 0. The molecule has 1 heterocycles. The van der Waals surface area contributed by atoms with Crippen LogP contribution >= 0.6 is 0 Å². The van der Waals surface area contributed by atoms with Crippen LogP contribution in [0.3, 0.4) is 0 Å². The molecule has 4 nitrogen and oxygen atoms in total. The summed E-state index contributed by atoms with van der Waals surface area (Å²) in [6.07, 6.45) is 0.970. The molecule has 5 heteroatoms. The monoisotopic (exact) mass is 143 g/mol. The van der Waals surface area contributed by atoms with Crippen molar-refractivity contribution in [2.75, 3.05) is 0 Å². The Kier molecular flexibility index (Phi) is 1.57. The van der Waals surface area contributed by atoms with Crippen LogP contribution < -0.4 is 4.79 Å². The Balaban J connectivity index is 3.15. The number of nitro groups is 1. The van der Waals surface area contributed by atoms with Gasteiger partial charge in [0, 0.05) is 6.07 Å². The van der Waals surface area contributed by atoms with Crippen molar-refractivity contribution in [3.05, 3.63) is 34.5 Å². The average molecular weight is 143 g/mol. The first-order valence-corrected chi connectivity index (χ1v) is 2.53. The molecule has 0 aliphatic heterocycles. The van der Waals surface area contributed by atoms with Gasteiger partial charge in [-0.05, 0) is 6.07 Å². The molecule has 0 radical (unpaired) electrons. The van der Waals surface area contributed by atoms with Crippen molar-refractivity contribution in [3.8, 4) is 0 Å². The second kappa shape index (κ2) is 2.38. The lowest BCUT2D eigenvalue weighted by Gasteiger charge is -1.80. The maximum absolute atomic E-state index is 12.3. The fraction of sp³-hybridized carbons (Fsp3) is 0. The van der Waals surface area contributed by atoms with Crippen molar-refractivity contribution in [1.82, 2.24) is 0 Å². The fourth-order valence-electron chi connectivity index (χ4n) is 0.553. The molecule has 0 aliphatic carbocycles. The van der Waals surface area contributed by atoms with E-state index in [1.165, 1.54) is 12.1 Å². The van der Waals surface area contributed by atoms with E-state index in [1.54, 1.807) is 0 Å². The summed E-state index contributed by atoms with van der Waals surface area (Å²) in [5.74, 6) is -0.567. The highest BCUT2D eigenvalue weighted by Crippen LogP contribution is 2.00. The maximum Gasteiger partial charge on any atom is 0.545 e. The maximum atomic E-state index is 12.3. The van der Waals surface area contributed by atoms with Gasteiger partial charge in [-0.3, -0.25) is 10.1 Å². The molecule has 0 amide bonds. The second-order valence-corrected chi connectivity index (χ2v) is 1.63. The van der Waals surface area contributed by atoms with Gasteiger partial charge in [-0.1, -0.05) is 0 Å². The van der Waals surface area contributed by atoms with Gasteiger partial charge < -0.3 is 0 Å². The highest BCUT2D eigenvalue weighted by atomic mass is 19.2. The van der Waals surface area contributed by atoms with Crippen molar-refractivity contribution in [3.63, 3.8) is 0 Å². The van der Waals surface area contributed by atoms with Gasteiger partial charge in [0.2, 0.25) is 6.20 Å². The second-order valence-electron chi connectivity index (χ2n) is 1.63. The Bertz CT molecular complexity index is 264. The van der Waals surface area contributed by atoms with E-state index in [9.17, 15) is 14.6 Å². The summed E-state index contributed by atoms with van der Waals surface area (Å²) < 4.78 is 12.3. The third-order valence-corrected chi connectivity index (χ3v) is 0.979. The molecule has 0 saturated heterocycles. The summed E-state index contributed by atoms with van der Waals surface area (Å²) in [7, 11) is 0. The van der Waals surface area contributed by atoms with Gasteiger partial charge in [0.25, 0.3) is 0 Å². The third kappa shape index (κ3) is 1.07. The van der Waals surface area contributed by atoms with E-state index < -0.39 is 10.7 Å². The molecule has 0 bridgehead atoms. The highest BCUT2D eigenvalue weighted by Gasteiger charge is 2.20. The Morgan fingerprint density at radius 1 is 1.60 bits per heavy atom. The van der Waals surface area contributed by atoms with Gasteiger partial charge in [0.05, 0.1) is 10.9 Å². The number of pyridine rings is 1. The SMILES string of the molecule is O=[N+]([O-])c1cccc[n+]1F. The topological polar surface area (TPSA) is 47.0 Å². The lowest BCUT2D eigenvalue weighted by molar-refractivity contribution is -0.864. The Morgan fingerprint density at radius 3 is 2.70 bits per heavy atom. The Hall–Kier alpha value is -1.52. The van der Waals surface area contributed by atoms with Crippen molar-refractivity contribution in [2.45, 2.75) is 0 Å². The minimum absolute atomic E-state index is 0.0417. The van der Waals surface area contributed by atoms with E-state index in [4.69, 9.17) is 0 Å². The van der Waals surface area contributed by atoms with Gasteiger partial charge in [0.1, 0.15) is 9.40 Å². The lowest BCUT2D eigenvalue weighted by atomic mass is 10.5. The molecular formula is C5H4FN2O2+. The normalized spacial score (nSPS) is 9.30. The molecule has 1 aromatic rings. The first-order chi connectivity index (χ1) is 4.72. The molecule has 52 valence electrons. The number of aromatic nitrogens is 1. The van der Waals surface area contributed by atoms with E-state index in [0.717, 1.165) is 12.3 Å². The summed E-state index contributed by atoms with van der Waals surface area (Å²) in [5.41, 5.74) is 0. The summed E-state index contributed by atoms with van der Waals surface area (Å²) in [5, 5.41) is 9.97. The Morgan fingerprint density at radius 2 is 2.30 bits per heavy atom. The van der Waals surface area contributed by atoms with Crippen molar-refractivity contribution >= 4 is 5.82 Å². The van der Waals surface area contributed by atoms with Crippen LogP contribution in [0.1, 0.15) is 0 Å². The zero-order valence-corrected chi connectivity index (χ0v) is 4.90. The lowest BCUT2D eigenvalue weighted by Crippen LogP contribution is -2.25. The zero-order valence-electron chi connectivity index (χ0n) is 4.90. The number of rotatable bonds is 1. The van der Waals surface area contributed by atoms with Gasteiger partial charge >= 0.3 is 5.82 Å². The smallest absolute Gasteiger partial charge is 0.253 e. The van der Waals surface area contributed by atoms with Gasteiger partial charge in [-0.25, -0.2) is 0 Å². The third-order valence-electron chi connectivity index (χ3n) is 0.979. The number of nitrogens with zero attached hydrogens (tertiary/aromatic N) is 2. The van der Waals surface area contributed by atoms with Crippen LogP contribution in [0.25, 0.3) is 0 Å². The quantitative estimate of drug-likeness (QED) is 0.427. The van der Waals surface area contributed by atoms with Crippen LogP contribution in [0.15, 0.2) is 24.4 Å². The molecule has 0 aliphatic rings. The molecule has 0 unspecified atom stereocenters. The van der Waals surface area contributed by atoms with Crippen LogP contribution in [0.2, 0.25) is 0 Å². The van der Waals surface area contributed by atoms with E-state index >= 15 is 0 Å². The van der Waals surface area contributed by atoms with Crippen LogP contribution in [-0.2, 0) is 0 Å². The van der Waals surface area contributed by atoms with E-state index in [2.05, 4.69) is 0 Å². The summed E-state index contributed by atoms with van der Waals surface area (Å²) in [6, 6.07) is 3.85. The first-order valence-electron chi connectivity index (χ1n) is 2.53. The molecular weight excluding hydrogens is 139 g/mol. The van der Waals surface area contributed by atoms with Crippen molar-refractivity contribution in [2.24, 2.45) is 0 Å². The standard InChI is InChI=1S/C5H4FN2O2/c6-7-4-2-1-3-5(7)8(9)10/h1-4H/q+1. The molecule has 0 N–H and O–H groups in total. The minimum Gasteiger partial charge on any atom is -0.253 e. The molecule has 1 rings (SSSR count). The largest absolute Gasteiger partial charge is 0.545 e. The first kappa shape index (κ1) is 6.60. The van der Waals surface area contributed by atoms with Crippen molar-refractivity contribution < 1.29 is 14.2 Å². The minimum atomic E-state index is -0.792. The summed E-state index contributed by atoms with van der Waals surface area (Å²) in [4.78, 5) is 9.13. The molecule has 10 heavy (non-hydrogen) atoms. The molecule has 0 spiro atoms. The highest BCUT2D eigenvalue weighted by molar-refractivity contribution is 5.08. The van der Waals surface area contributed by atoms with Crippen molar-refractivity contribution in [1.29, 1.82) is 0 Å². The molecule has 1 aromatic heterocycles. The number of hydrogen-bond donors (Lipinski definition) is 0. The number of halogens is 1. The Labute approximate surface area is 55.6 Å². The van der Waals surface area contributed by atoms with Gasteiger partial charge in [-0.15, -0.1) is 0 Å². The van der Waals surface area contributed by atoms with Crippen LogP contribution in [0, 0.1) is 10.1 Å². The van der Waals surface area contributed by atoms with E-state index in [0.29, 0.717) is 0 Å². The van der Waals surface area contributed by atoms with E-state index in [1.807, 2.05) is 0 Å². The molecule has 0 aromatic carbocycles. The van der Waals surface area contributed by atoms with E-state index in [-0.39, 0.29) is 4.79 Å². The van der Waals surface area contributed by atoms with Gasteiger partial charge in [0.15, 0.2) is 0 Å². The van der Waals surface area contributed by atoms with Crippen LogP contribution in [-0.4, -0.2) is 4.92 Å². The average Bonchev–Trinajstić information content (AvgIpc) is 1.88. The zero-order chi connectivity index (χ0) is 7.56. The summed E-state index contributed by atoms with van der Waals surface area (Å²) in [6.45, 7) is 0. The molecule has 0 atom stereocenters. The van der Waals surface area contributed by atoms with Crippen LogP contribution in [0.5, 0.6) is 0 Å². The molecule has 0 saturated carbocycles. The number of hydrogen-bond acceptors (Lipinski definition) is 2. The van der Waals surface area contributed by atoms with Crippen LogP contribution in [0.4, 0.5) is 10.3 Å². The molecule has 0 fully saturated rings. The predicted octanol–water partition coefficient (Wildman–Crippen LogP) is 0.615. The fourth-order valence-corrected chi connectivity index (χ4v) is 0.553.